The number of fused-ring (bicyclic) bond motifs is 1. The molecule has 0 aliphatic carbocycles. The van der Waals surface area contributed by atoms with Crippen LogP contribution in [0.3, 0.4) is 0 Å². The lowest BCUT2D eigenvalue weighted by atomic mass is 10.1. The number of carbonyl (C=O) groups excluding carboxylic acids is 2. The number of aliphatic imine (C=N–C) groups is 1. The Morgan fingerprint density at radius 3 is 2.65 bits per heavy atom. The van der Waals surface area contributed by atoms with Crippen LogP contribution in [0.1, 0.15) is 41.8 Å². The van der Waals surface area contributed by atoms with Gasteiger partial charge in [-0.05, 0) is 61.7 Å². The van der Waals surface area contributed by atoms with E-state index in [0.717, 1.165) is 49.4 Å². The molecule has 0 radical (unpaired) electrons. The second-order valence-corrected chi connectivity index (χ2v) is 9.72. The van der Waals surface area contributed by atoms with E-state index in [2.05, 4.69) is 26.8 Å². The third-order valence-electron chi connectivity index (χ3n) is 6.35. The van der Waals surface area contributed by atoms with Crippen molar-refractivity contribution in [2.45, 2.75) is 39.7 Å². The number of hydrazone groups is 1. The SMILES string of the molecule is Cc1cc(C=C2C(=N)N3N=C(CC(=O)N4CCCC4)SC3=NC2=O)c(C)n1Cc1ccccc1. The van der Waals surface area contributed by atoms with Crippen LogP contribution in [-0.4, -0.2) is 55.4 Å². The number of aryl methyl sites for hydroxylation is 1. The van der Waals surface area contributed by atoms with Crippen molar-refractivity contribution in [3.63, 3.8) is 0 Å². The standard InChI is InChI=1S/C25H26N6O2S/c1-16-12-19(17(2)30(16)15-18-8-4-3-5-9-18)13-20-23(26)31-25(27-24(20)33)34-21(28-31)14-22(32)29-10-6-7-11-29/h3-5,8-9,12-13,26H,6-7,10-11,14-15H2,1-2H3. The van der Waals surface area contributed by atoms with E-state index in [0.29, 0.717) is 10.2 Å². The van der Waals surface area contributed by atoms with Gasteiger partial charge in [-0.2, -0.15) is 15.1 Å². The predicted octanol–water partition coefficient (Wildman–Crippen LogP) is 3.78. The minimum Gasteiger partial charge on any atom is -0.344 e. The summed E-state index contributed by atoms with van der Waals surface area (Å²) >= 11 is 1.19. The van der Waals surface area contributed by atoms with Gasteiger partial charge in [0, 0.05) is 31.0 Å². The van der Waals surface area contributed by atoms with Gasteiger partial charge in [0.15, 0.2) is 5.84 Å². The molecule has 0 atom stereocenters. The lowest BCUT2D eigenvalue weighted by molar-refractivity contribution is -0.128. The quantitative estimate of drug-likeness (QED) is 0.667. The largest absolute Gasteiger partial charge is 0.344 e. The van der Waals surface area contributed by atoms with Crippen molar-refractivity contribution < 1.29 is 9.59 Å². The van der Waals surface area contributed by atoms with Gasteiger partial charge in [-0.3, -0.25) is 15.0 Å². The van der Waals surface area contributed by atoms with Gasteiger partial charge >= 0.3 is 0 Å². The third kappa shape index (κ3) is 4.23. The van der Waals surface area contributed by atoms with Gasteiger partial charge in [-0.1, -0.05) is 30.3 Å². The lowest BCUT2D eigenvalue weighted by Gasteiger charge is -2.20. The molecule has 34 heavy (non-hydrogen) atoms. The van der Waals surface area contributed by atoms with Crippen molar-refractivity contribution in [1.29, 1.82) is 5.41 Å². The van der Waals surface area contributed by atoms with Crippen LogP contribution in [0, 0.1) is 19.3 Å². The van der Waals surface area contributed by atoms with Crippen molar-refractivity contribution >= 4 is 45.7 Å². The molecule has 0 spiro atoms. The van der Waals surface area contributed by atoms with Gasteiger partial charge in [0.2, 0.25) is 11.1 Å². The zero-order valence-corrected chi connectivity index (χ0v) is 20.1. The monoisotopic (exact) mass is 474 g/mol. The number of hydrogen-bond acceptors (Lipinski definition) is 5. The molecule has 1 aromatic carbocycles. The highest BCUT2D eigenvalue weighted by molar-refractivity contribution is 8.27. The Morgan fingerprint density at radius 1 is 1.18 bits per heavy atom. The lowest BCUT2D eigenvalue weighted by Crippen LogP contribution is -2.35. The van der Waals surface area contributed by atoms with E-state index < -0.39 is 5.91 Å². The summed E-state index contributed by atoms with van der Waals surface area (Å²) in [5, 5.41) is 15.4. The second-order valence-electron chi connectivity index (χ2n) is 8.68. The fourth-order valence-electron chi connectivity index (χ4n) is 4.45. The number of thioether (sulfide) groups is 1. The van der Waals surface area contributed by atoms with Crippen molar-refractivity contribution in [3.05, 3.63) is 64.5 Å². The average Bonchev–Trinajstić information content (AvgIpc) is 3.54. The maximum atomic E-state index is 12.8. The first-order valence-electron chi connectivity index (χ1n) is 11.4. The topological polar surface area (TPSA) is 94.1 Å². The smallest absolute Gasteiger partial charge is 0.283 e. The van der Waals surface area contributed by atoms with E-state index in [-0.39, 0.29) is 23.7 Å². The van der Waals surface area contributed by atoms with Gasteiger partial charge in [0.1, 0.15) is 5.04 Å². The van der Waals surface area contributed by atoms with Crippen LogP contribution in [0.15, 0.2) is 52.1 Å². The number of amides is 2. The molecule has 0 unspecified atom stereocenters. The molecule has 5 rings (SSSR count). The Kier molecular flexibility index (Phi) is 5.95. The third-order valence-corrected chi connectivity index (χ3v) is 7.26. The summed E-state index contributed by atoms with van der Waals surface area (Å²) in [5.41, 5.74) is 4.35. The number of carbonyl (C=O) groups is 2. The molecule has 2 aromatic rings. The molecular formula is C25H26N6O2S. The number of nitrogens with one attached hydrogen (secondary N) is 1. The Balaban J connectivity index is 1.37. The van der Waals surface area contributed by atoms with Crippen LogP contribution in [0.2, 0.25) is 0 Å². The number of hydrogen-bond donors (Lipinski definition) is 1. The zero-order valence-electron chi connectivity index (χ0n) is 19.2. The minimum atomic E-state index is -0.459. The molecule has 9 heteroatoms. The van der Waals surface area contributed by atoms with Crippen molar-refractivity contribution in [1.82, 2.24) is 14.5 Å². The Bertz CT molecular complexity index is 1270. The van der Waals surface area contributed by atoms with Crippen LogP contribution >= 0.6 is 11.8 Å². The predicted molar refractivity (Wildman–Crippen MR) is 135 cm³/mol. The summed E-state index contributed by atoms with van der Waals surface area (Å²) in [6.45, 7) is 6.35. The van der Waals surface area contributed by atoms with Crippen LogP contribution < -0.4 is 0 Å². The van der Waals surface area contributed by atoms with E-state index in [4.69, 9.17) is 5.41 Å². The Hall–Kier alpha value is -3.46. The molecule has 1 saturated heterocycles. The molecule has 1 aromatic heterocycles. The second kappa shape index (κ2) is 9.06. The minimum absolute atomic E-state index is 0.0148. The summed E-state index contributed by atoms with van der Waals surface area (Å²) in [4.78, 5) is 31.3. The number of benzene rings is 1. The highest BCUT2D eigenvalue weighted by Crippen LogP contribution is 2.30. The molecule has 8 nitrogen and oxygen atoms in total. The van der Waals surface area contributed by atoms with Crippen molar-refractivity contribution in [2.24, 2.45) is 10.1 Å². The number of likely N-dealkylation sites (tertiary alicyclic amines) is 1. The molecule has 3 aliphatic rings. The fraction of sp³-hybridized carbons (Fsp3) is 0.320. The summed E-state index contributed by atoms with van der Waals surface area (Å²) < 4.78 is 2.19. The maximum absolute atomic E-state index is 12.8. The summed E-state index contributed by atoms with van der Waals surface area (Å²) in [6.07, 6.45) is 3.95. The van der Waals surface area contributed by atoms with Crippen LogP contribution in [0.5, 0.6) is 0 Å². The maximum Gasteiger partial charge on any atom is 0.283 e. The first-order valence-corrected chi connectivity index (χ1v) is 12.2. The van der Waals surface area contributed by atoms with Gasteiger partial charge in [0.05, 0.1) is 12.0 Å². The van der Waals surface area contributed by atoms with Crippen LogP contribution in [0.25, 0.3) is 6.08 Å². The molecule has 1 fully saturated rings. The Labute approximate surface area is 202 Å². The molecule has 3 aliphatic heterocycles. The van der Waals surface area contributed by atoms with Crippen LogP contribution in [-0.2, 0) is 16.1 Å². The Morgan fingerprint density at radius 2 is 1.91 bits per heavy atom. The van der Waals surface area contributed by atoms with E-state index >= 15 is 0 Å². The number of aromatic nitrogens is 1. The molecule has 4 heterocycles. The molecular weight excluding hydrogens is 448 g/mol. The number of nitrogens with zero attached hydrogens (tertiary/aromatic N) is 5. The van der Waals surface area contributed by atoms with E-state index in [1.54, 1.807) is 6.08 Å². The average molecular weight is 475 g/mol. The summed E-state index contributed by atoms with van der Waals surface area (Å²) in [5.74, 6) is -0.443. The van der Waals surface area contributed by atoms with Gasteiger partial charge in [-0.15, -0.1) is 0 Å². The highest BCUT2D eigenvalue weighted by Gasteiger charge is 2.36. The first kappa shape index (κ1) is 22.3. The highest BCUT2D eigenvalue weighted by atomic mass is 32.2. The fourth-order valence-corrected chi connectivity index (χ4v) is 5.33. The van der Waals surface area contributed by atoms with Gasteiger partial charge in [-0.25, -0.2) is 0 Å². The molecule has 2 amide bonds. The van der Waals surface area contributed by atoms with E-state index in [1.807, 2.05) is 43.0 Å². The molecule has 1 N–H and O–H groups in total. The summed E-state index contributed by atoms with van der Waals surface area (Å²) in [6, 6.07) is 12.2. The molecule has 0 saturated carbocycles. The van der Waals surface area contributed by atoms with Gasteiger partial charge < -0.3 is 9.47 Å². The number of rotatable bonds is 5. The van der Waals surface area contributed by atoms with E-state index in [9.17, 15) is 9.59 Å². The normalized spacial score (nSPS) is 19.1. The first-order chi connectivity index (χ1) is 16.4. The molecule has 0 bridgehead atoms. The van der Waals surface area contributed by atoms with Gasteiger partial charge in [0.25, 0.3) is 5.91 Å². The van der Waals surface area contributed by atoms with Crippen molar-refractivity contribution in [3.8, 4) is 0 Å². The van der Waals surface area contributed by atoms with E-state index in [1.165, 1.54) is 22.3 Å². The summed E-state index contributed by atoms with van der Waals surface area (Å²) in [7, 11) is 0. The number of amidine groups is 2. The molecule has 174 valence electrons. The zero-order chi connectivity index (χ0) is 23.8. The van der Waals surface area contributed by atoms with Crippen molar-refractivity contribution in [2.75, 3.05) is 13.1 Å². The van der Waals surface area contributed by atoms with Crippen LogP contribution in [0.4, 0.5) is 0 Å².